The van der Waals surface area contributed by atoms with E-state index < -0.39 is 10.0 Å². The van der Waals surface area contributed by atoms with E-state index in [1.165, 1.54) is 6.07 Å². The summed E-state index contributed by atoms with van der Waals surface area (Å²) in [5.41, 5.74) is 1.91. The smallest absolute Gasteiger partial charge is 0.238 e. The molecular weight excluding hydrogens is 322 g/mol. The van der Waals surface area contributed by atoms with Gasteiger partial charge in [-0.3, -0.25) is 4.90 Å². The number of rotatable bonds is 5. The summed E-state index contributed by atoms with van der Waals surface area (Å²) in [4.78, 5) is 6.27. The van der Waals surface area contributed by atoms with Crippen LogP contribution >= 0.6 is 11.6 Å². The van der Waals surface area contributed by atoms with Gasteiger partial charge >= 0.3 is 0 Å². The van der Waals surface area contributed by atoms with Crippen molar-refractivity contribution in [2.75, 3.05) is 7.05 Å². The maximum Gasteiger partial charge on any atom is 0.238 e. The first-order valence-electron chi connectivity index (χ1n) is 6.71. The summed E-state index contributed by atoms with van der Waals surface area (Å²) in [6.45, 7) is 2.68. The topological polar surface area (TPSA) is 76.3 Å². The zero-order chi connectivity index (χ0) is 16.3. The molecule has 0 bridgehead atoms. The van der Waals surface area contributed by atoms with Gasteiger partial charge in [-0.15, -0.1) is 0 Å². The third kappa shape index (κ3) is 4.27. The summed E-state index contributed by atoms with van der Waals surface area (Å²) < 4.78 is 22.9. The quantitative estimate of drug-likeness (QED) is 0.849. The molecule has 5 nitrogen and oxygen atoms in total. The van der Waals surface area contributed by atoms with E-state index in [9.17, 15) is 8.42 Å². The molecule has 1 atom stereocenters. The molecule has 22 heavy (non-hydrogen) atoms. The number of nitrogens with two attached hydrogens (primary N) is 1. The summed E-state index contributed by atoms with van der Waals surface area (Å²) in [7, 11) is -1.73. The Hall–Kier alpha value is -1.47. The summed E-state index contributed by atoms with van der Waals surface area (Å²) >= 11 is 5.77. The zero-order valence-electron chi connectivity index (χ0n) is 12.4. The number of sulfonamides is 1. The first-order chi connectivity index (χ1) is 10.3. The minimum Gasteiger partial charge on any atom is -0.295 e. The number of primary sulfonamides is 1. The van der Waals surface area contributed by atoms with Gasteiger partial charge < -0.3 is 0 Å². The summed E-state index contributed by atoms with van der Waals surface area (Å²) in [5.74, 6) is 0. The van der Waals surface area contributed by atoms with Crippen LogP contribution in [0.3, 0.4) is 0 Å². The Balaban J connectivity index is 2.16. The van der Waals surface area contributed by atoms with E-state index in [-0.39, 0.29) is 10.9 Å². The van der Waals surface area contributed by atoms with Crippen molar-refractivity contribution in [1.29, 1.82) is 0 Å². The number of pyridine rings is 1. The molecule has 2 rings (SSSR count). The van der Waals surface area contributed by atoms with Gasteiger partial charge in [-0.25, -0.2) is 18.5 Å². The molecule has 0 saturated carbocycles. The summed E-state index contributed by atoms with van der Waals surface area (Å²) in [6.07, 6.45) is 1.73. The van der Waals surface area contributed by atoms with E-state index in [4.69, 9.17) is 16.7 Å². The van der Waals surface area contributed by atoms with Crippen LogP contribution in [0.4, 0.5) is 0 Å². The van der Waals surface area contributed by atoms with Crippen molar-refractivity contribution >= 4 is 21.6 Å². The van der Waals surface area contributed by atoms with Gasteiger partial charge in [-0.1, -0.05) is 29.8 Å². The molecule has 0 amide bonds. The van der Waals surface area contributed by atoms with E-state index in [1.807, 2.05) is 26.1 Å². The fraction of sp³-hybridized carbons (Fsp3) is 0.267. The first kappa shape index (κ1) is 16.9. The number of hydrogen-bond donors (Lipinski definition) is 1. The predicted octanol–water partition coefficient (Wildman–Crippen LogP) is 2.58. The van der Waals surface area contributed by atoms with Crippen LogP contribution in [0.2, 0.25) is 5.15 Å². The molecule has 0 aliphatic heterocycles. The van der Waals surface area contributed by atoms with Gasteiger partial charge in [-0.05, 0) is 43.3 Å². The van der Waals surface area contributed by atoms with Gasteiger partial charge in [0, 0.05) is 18.8 Å². The maximum absolute atomic E-state index is 11.4. The molecule has 1 unspecified atom stereocenters. The van der Waals surface area contributed by atoms with Gasteiger partial charge in [0.05, 0.1) is 4.90 Å². The number of nitrogens with zero attached hydrogens (tertiary/aromatic N) is 2. The molecule has 0 saturated heterocycles. The van der Waals surface area contributed by atoms with Crippen LogP contribution in [-0.4, -0.2) is 25.3 Å². The first-order valence-corrected chi connectivity index (χ1v) is 8.63. The molecule has 1 aromatic carbocycles. The fourth-order valence-electron chi connectivity index (χ4n) is 2.13. The lowest BCUT2D eigenvalue weighted by Crippen LogP contribution is -2.22. The standard InChI is InChI=1S/C15H18ClN3O2S/c1-11(13-4-3-5-14(8-13)22(17,20)21)19(2)10-12-6-7-15(16)18-9-12/h3-9,11H,10H2,1-2H3,(H2,17,20,21). The normalized spacial score (nSPS) is 13.3. The van der Waals surface area contributed by atoms with Crippen LogP contribution in [0.25, 0.3) is 0 Å². The van der Waals surface area contributed by atoms with E-state index in [0.29, 0.717) is 11.7 Å². The molecule has 118 valence electrons. The Labute approximate surface area is 135 Å². The minimum absolute atomic E-state index is 0.0254. The highest BCUT2D eigenvalue weighted by Gasteiger charge is 2.15. The van der Waals surface area contributed by atoms with Crippen LogP contribution in [0, 0.1) is 0 Å². The highest BCUT2D eigenvalue weighted by Crippen LogP contribution is 2.23. The molecule has 1 heterocycles. The van der Waals surface area contributed by atoms with E-state index in [0.717, 1.165) is 11.1 Å². The molecule has 2 N–H and O–H groups in total. The van der Waals surface area contributed by atoms with Gasteiger partial charge in [0.15, 0.2) is 0 Å². The van der Waals surface area contributed by atoms with Crippen molar-refractivity contribution < 1.29 is 8.42 Å². The fourth-order valence-corrected chi connectivity index (χ4v) is 2.81. The summed E-state index contributed by atoms with van der Waals surface area (Å²) in [5, 5.41) is 5.64. The Bertz CT molecular complexity index is 748. The molecule has 7 heteroatoms. The van der Waals surface area contributed by atoms with Crippen molar-refractivity contribution in [2.24, 2.45) is 5.14 Å². The number of benzene rings is 1. The third-order valence-electron chi connectivity index (χ3n) is 3.55. The second-order valence-electron chi connectivity index (χ2n) is 5.20. The molecule has 0 radical (unpaired) electrons. The predicted molar refractivity (Wildman–Crippen MR) is 86.9 cm³/mol. The average molecular weight is 340 g/mol. The van der Waals surface area contributed by atoms with Crippen molar-refractivity contribution in [3.8, 4) is 0 Å². The largest absolute Gasteiger partial charge is 0.295 e. The molecule has 1 aromatic heterocycles. The maximum atomic E-state index is 11.4. The second kappa shape index (κ2) is 6.75. The van der Waals surface area contributed by atoms with Gasteiger partial charge in [0.25, 0.3) is 0 Å². The zero-order valence-corrected chi connectivity index (χ0v) is 14.0. The Morgan fingerprint density at radius 1 is 1.32 bits per heavy atom. The highest BCUT2D eigenvalue weighted by atomic mass is 35.5. The SMILES string of the molecule is CC(c1cccc(S(N)(=O)=O)c1)N(C)Cc1ccc(Cl)nc1. The van der Waals surface area contributed by atoms with Crippen molar-refractivity contribution in [3.63, 3.8) is 0 Å². The molecule has 0 fully saturated rings. The lowest BCUT2D eigenvalue weighted by molar-refractivity contribution is 0.252. The lowest BCUT2D eigenvalue weighted by atomic mass is 10.1. The summed E-state index contributed by atoms with van der Waals surface area (Å²) in [6, 6.07) is 10.4. The molecule has 0 spiro atoms. The molecular formula is C15H18ClN3O2S. The number of hydrogen-bond acceptors (Lipinski definition) is 4. The minimum atomic E-state index is -3.69. The Kier molecular flexibility index (Phi) is 5.18. The lowest BCUT2D eigenvalue weighted by Gasteiger charge is -2.25. The van der Waals surface area contributed by atoms with E-state index >= 15 is 0 Å². The third-order valence-corrected chi connectivity index (χ3v) is 4.69. The van der Waals surface area contributed by atoms with Crippen molar-refractivity contribution in [3.05, 3.63) is 58.9 Å². The van der Waals surface area contributed by atoms with Crippen molar-refractivity contribution in [2.45, 2.75) is 24.4 Å². The van der Waals surface area contributed by atoms with Crippen LogP contribution in [0.15, 0.2) is 47.5 Å². The Morgan fingerprint density at radius 3 is 2.64 bits per heavy atom. The number of halogens is 1. The van der Waals surface area contributed by atoms with Crippen LogP contribution < -0.4 is 5.14 Å². The second-order valence-corrected chi connectivity index (χ2v) is 7.15. The molecule has 0 aliphatic rings. The van der Waals surface area contributed by atoms with Gasteiger partial charge in [0.2, 0.25) is 10.0 Å². The van der Waals surface area contributed by atoms with E-state index in [2.05, 4.69) is 9.88 Å². The van der Waals surface area contributed by atoms with Crippen molar-refractivity contribution in [1.82, 2.24) is 9.88 Å². The average Bonchev–Trinajstić information content (AvgIpc) is 2.48. The molecule has 2 aromatic rings. The van der Waals surface area contributed by atoms with Crippen LogP contribution in [-0.2, 0) is 16.6 Å². The van der Waals surface area contributed by atoms with Crippen LogP contribution in [0.5, 0.6) is 0 Å². The van der Waals surface area contributed by atoms with E-state index in [1.54, 1.807) is 24.4 Å². The van der Waals surface area contributed by atoms with Crippen LogP contribution in [0.1, 0.15) is 24.1 Å². The number of aromatic nitrogens is 1. The van der Waals surface area contributed by atoms with Gasteiger partial charge in [0.1, 0.15) is 5.15 Å². The monoisotopic (exact) mass is 339 g/mol. The molecule has 0 aliphatic carbocycles. The van der Waals surface area contributed by atoms with Gasteiger partial charge in [-0.2, -0.15) is 0 Å². The highest BCUT2D eigenvalue weighted by molar-refractivity contribution is 7.89. The Morgan fingerprint density at radius 2 is 2.05 bits per heavy atom.